The Labute approximate surface area is 153 Å². The molecule has 0 saturated carbocycles. The second-order valence-corrected chi connectivity index (χ2v) is 8.96. The lowest BCUT2D eigenvalue weighted by molar-refractivity contribution is 0.193. The van der Waals surface area contributed by atoms with Gasteiger partial charge in [-0.2, -0.15) is 0 Å². The molecule has 0 spiro atoms. The largest absolute Gasteiger partial charge is 0.371 e. The van der Waals surface area contributed by atoms with Gasteiger partial charge >= 0.3 is 6.03 Å². The minimum Gasteiger partial charge on any atom is -0.371 e. The fraction of sp³-hybridized carbons (Fsp3) is 0.632. The molecule has 6 heteroatoms. The molecule has 2 aliphatic heterocycles. The van der Waals surface area contributed by atoms with Gasteiger partial charge in [-0.1, -0.05) is 25.1 Å². The molecule has 2 heterocycles. The van der Waals surface area contributed by atoms with Gasteiger partial charge in [0.25, 0.3) is 0 Å². The van der Waals surface area contributed by atoms with Gasteiger partial charge in [-0.25, -0.2) is 4.79 Å². The molecule has 3 rings (SSSR count). The summed E-state index contributed by atoms with van der Waals surface area (Å²) in [7, 11) is -0.787. The van der Waals surface area contributed by atoms with Crippen LogP contribution < -0.4 is 10.2 Å². The number of nitrogens with zero attached hydrogens (tertiary/aromatic N) is 2. The van der Waals surface area contributed by atoms with Crippen molar-refractivity contribution in [1.29, 1.82) is 0 Å². The summed E-state index contributed by atoms with van der Waals surface area (Å²) in [5, 5.41) is 3.12. The molecule has 1 aromatic rings. The number of hydrogen-bond donors (Lipinski definition) is 1. The highest BCUT2D eigenvalue weighted by atomic mass is 32.2. The van der Waals surface area contributed by atoms with E-state index < -0.39 is 10.8 Å². The van der Waals surface area contributed by atoms with Gasteiger partial charge in [-0.05, 0) is 36.8 Å². The number of nitrogens with one attached hydrogen (secondary N) is 1. The van der Waals surface area contributed by atoms with Crippen molar-refractivity contribution in [3.8, 4) is 0 Å². The van der Waals surface area contributed by atoms with Crippen molar-refractivity contribution in [2.75, 3.05) is 49.1 Å². The second kappa shape index (κ2) is 8.70. The van der Waals surface area contributed by atoms with Crippen LogP contribution in [0.1, 0.15) is 19.8 Å². The standard InChI is InChI=1S/C19H29N3O2S/c1-16-13-22(10-11-25(24)15-16)19(23)20-12-17-6-5-9-21(14-17)18-7-3-2-4-8-18/h2-4,7-8,16-17H,5-6,9-15H2,1H3,(H,20,23). The van der Waals surface area contributed by atoms with E-state index >= 15 is 0 Å². The number of para-hydroxylation sites is 1. The summed E-state index contributed by atoms with van der Waals surface area (Å²) >= 11 is 0. The lowest BCUT2D eigenvalue weighted by Gasteiger charge is -2.35. The fourth-order valence-electron chi connectivity index (χ4n) is 3.77. The Balaban J connectivity index is 1.49. The van der Waals surface area contributed by atoms with E-state index in [0.717, 1.165) is 32.5 Å². The van der Waals surface area contributed by atoms with Crippen molar-refractivity contribution in [3.63, 3.8) is 0 Å². The van der Waals surface area contributed by atoms with Gasteiger partial charge in [0.2, 0.25) is 0 Å². The monoisotopic (exact) mass is 363 g/mol. The van der Waals surface area contributed by atoms with Gasteiger partial charge in [0.1, 0.15) is 0 Å². The number of carbonyl (C=O) groups is 1. The summed E-state index contributed by atoms with van der Waals surface area (Å²) in [5.74, 6) is 2.09. The zero-order valence-electron chi connectivity index (χ0n) is 15.0. The van der Waals surface area contributed by atoms with Crippen molar-refractivity contribution >= 4 is 22.5 Å². The number of piperidine rings is 1. The molecule has 2 saturated heterocycles. The highest BCUT2D eigenvalue weighted by Gasteiger charge is 2.24. The summed E-state index contributed by atoms with van der Waals surface area (Å²) in [5.41, 5.74) is 1.27. The Morgan fingerprint density at radius 2 is 2.04 bits per heavy atom. The molecule has 0 aliphatic carbocycles. The van der Waals surface area contributed by atoms with Crippen LogP contribution in [0.3, 0.4) is 0 Å². The van der Waals surface area contributed by atoms with Crippen LogP contribution in [-0.2, 0) is 10.8 Å². The van der Waals surface area contributed by atoms with Gasteiger partial charge < -0.3 is 15.1 Å². The molecular weight excluding hydrogens is 334 g/mol. The molecule has 25 heavy (non-hydrogen) atoms. The minimum atomic E-state index is -0.787. The number of anilines is 1. The van der Waals surface area contributed by atoms with Gasteiger partial charge in [0.15, 0.2) is 0 Å². The zero-order valence-corrected chi connectivity index (χ0v) is 15.8. The number of carbonyl (C=O) groups excluding carboxylic acids is 1. The van der Waals surface area contributed by atoms with E-state index in [1.807, 2.05) is 11.0 Å². The predicted molar refractivity (Wildman–Crippen MR) is 103 cm³/mol. The molecular formula is C19H29N3O2S. The number of rotatable bonds is 3. The normalized spacial score (nSPS) is 27.6. The van der Waals surface area contributed by atoms with Crippen LogP contribution in [0.4, 0.5) is 10.5 Å². The summed E-state index contributed by atoms with van der Waals surface area (Å²) in [6, 6.07) is 10.5. The molecule has 5 nitrogen and oxygen atoms in total. The molecule has 1 N–H and O–H groups in total. The van der Waals surface area contributed by atoms with Crippen LogP contribution in [-0.4, -0.2) is 59.4 Å². The molecule has 2 aliphatic rings. The van der Waals surface area contributed by atoms with Gasteiger partial charge in [0, 0.05) is 60.7 Å². The summed E-state index contributed by atoms with van der Waals surface area (Å²) in [4.78, 5) is 16.8. The Morgan fingerprint density at radius 3 is 2.84 bits per heavy atom. The Bertz CT molecular complexity index is 596. The van der Waals surface area contributed by atoms with E-state index in [9.17, 15) is 9.00 Å². The van der Waals surface area contributed by atoms with Crippen LogP contribution in [0.5, 0.6) is 0 Å². The molecule has 0 aromatic heterocycles. The molecule has 3 unspecified atom stereocenters. The van der Waals surface area contributed by atoms with Crippen LogP contribution in [0.25, 0.3) is 0 Å². The number of urea groups is 1. The van der Waals surface area contributed by atoms with Gasteiger partial charge in [0.05, 0.1) is 0 Å². The van der Waals surface area contributed by atoms with Crippen LogP contribution in [0, 0.1) is 11.8 Å². The van der Waals surface area contributed by atoms with Crippen LogP contribution >= 0.6 is 0 Å². The molecule has 0 radical (unpaired) electrons. The van der Waals surface area contributed by atoms with E-state index in [-0.39, 0.29) is 6.03 Å². The Kier molecular flexibility index (Phi) is 6.34. The van der Waals surface area contributed by atoms with E-state index in [0.29, 0.717) is 36.4 Å². The van der Waals surface area contributed by atoms with Crippen LogP contribution in [0.2, 0.25) is 0 Å². The highest BCUT2D eigenvalue weighted by Crippen LogP contribution is 2.22. The van der Waals surface area contributed by atoms with Crippen molar-refractivity contribution in [2.24, 2.45) is 11.8 Å². The van der Waals surface area contributed by atoms with Crippen molar-refractivity contribution in [3.05, 3.63) is 30.3 Å². The number of benzene rings is 1. The Morgan fingerprint density at radius 1 is 1.24 bits per heavy atom. The first-order chi connectivity index (χ1) is 12.1. The fourth-order valence-corrected chi connectivity index (χ4v) is 5.10. The summed E-state index contributed by atoms with van der Waals surface area (Å²) < 4.78 is 11.8. The lowest BCUT2D eigenvalue weighted by Crippen LogP contribution is -2.46. The van der Waals surface area contributed by atoms with E-state index in [4.69, 9.17) is 0 Å². The minimum absolute atomic E-state index is 0.00239. The lowest BCUT2D eigenvalue weighted by atomic mass is 9.97. The quantitative estimate of drug-likeness (QED) is 0.897. The van der Waals surface area contributed by atoms with Crippen molar-refractivity contribution in [1.82, 2.24) is 10.2 Å². The van der Waals surface area contributed by atoms with E-state index in [2.05, 4.69) is 41.4 Å². The predicted octanol–water partition coefficient (Wildman–Crippen LogP) is 2.31. The first-order valence-corrected chi connectivity index (χ1v) is 10.8. The number of hydrogen-bond acceptors (Lipinski definition) is 3. The van der Waals surface area contributed by atoms with E-state index in [1.165, 1.54) is 5.69 Å². The summed E-state index contributed by atoms with van der Waals surface area (Å²) in [6.07, 6.45) is 2.32. The summed E-state index contributed by atoms with van der Waals surface area (Å²) in [6.45, 7) is 6.18. The first kappa shape index (κ1) is 18.2. The third-order valence-corrected chi connectivity index (χ3v) is 6.64. The molecule has 138 valence electrons. The van der Waals surface area contributed by atoms with Gasteiger partial charge in [-0.15, -0.1) is 0 Å². The Hall–Kier alpha value is -1.56. The molecule has 3 atom stereocenters. The zero-order chi connectivity index (χ0) is 17.6. The number of amides is 2. The second-order valence-electron chi connectivity index (χ2n) is 7.34. The maximum absolute atomic E-state index is 12.5. The average Bonchev–Trinajstić information content (AvgIpc) is 2.81. The van der Waals surface area contributed by atoms with Crippen molar-refractivity contribution < 1.29 is 9.00 Å². The first-order valence-electron chi connectivity index (χ1n) is 9.29. The maximum Gasteiger partial charge on any atom is 0.317 e. The van der Waals surface area contributed by atoms with Crippen molar-refractivity contribution in [2.45, 2.75) is 19.8 Å². The topological polar surface area (TPSA) is 52.7 Å². The third-order valence-electron chi connectivity index (χ3n) is 5.06. The van der Waals surface area contributed by atoms with Crippen LogP contribution in [0.15, 0.2) is 30.3 Å². The molecule has 1 aromatic carbocycles. The highest BCUT2D eigenvalue weighted by molar-refractivity contribution is 7.85. The molecule has 2 amide bonds. The average molecular weight is 364 g/mol. The molecule has 2 fully saturated rings. The van der Waals surface area contributed by atoms with Gasteiger partial charge in [-0.3, -0.25) is 4.21 Å². The smallest absolute Gasteiger partial charge is 0.317 e. The molecule has 0 bridgehead atoms. The maximum atomic E-state index is 12.5. The van der Waals surface area contributed by atoms with E-state index in [1.54, 1.807) is 0 Å². The SMILES string of the molecule is CC1CN(C(=O)NCC2CCCN(c3ccccc3)C2)CCS(=O)C1. The third kappa shape index (κ3) is 5.21.